The number of anilines is 2. The molecule has 5 rings (SSSR count). The zero-order chi connectivity index (χ0) is 23.1. The van der Waals surface area contributed by atoms with Crippen molar-refractivity contribution in [2.24, 2.45) is 0 Å². The summed E-state index contributed by atoms with van der Waals surface area (Å²) in [7, 11) is 1.67. The standard InChI is InChI=1S/C23H22FN7O2/c1-13-12-30(2)23(32)17-11-28-31-19(25)18(14-6-4-3-5-7-14)20(29-21(17)31)26-9-15-8-16(24)10-27-22(15)33-13/h3-8,10-11,13H,9,12,25H2,1-2H3,(H,26,29)/t13-/m0/s1. The van der Waals surface area contributed by atoms with Gasteiger partial charge in [0.05, 0.1) is 24.5 Å². The van der Waals surface area contributed by atoms with Crippen molar-refractivity contribution in [2.45, 2.75) is 19.6 Å². The first-order chi connectivity index (χ1) is 15.9. The first kappa shape index (κ1) is 20.7. The largest absolute Gasteiger partial charge is 0.473 e. The van der Waals surface area contributed by atoms with Crippen LogP contribution in [-0.4, -0.2) is 50.1 Å². The Morgan fingerprint density at radius 1 is 1.24 bits per heavy atom. The molecule has 0 spiro atoms. The van der Waals surface area contributed by atoms with Gasteiger partial charge >= 0.3 is 0 Å². The molecule has 0 fully saturated rings. The molecule has 2 bridgehead atoms. The smallest absolute Gasteiger partial charge is 0.259 e. The van der Waals surface area contributed by atoms with Crippen molar-refractivity contribution in [3.63, 3.8) is 0 Å². The fourth-order valence-corrected chi connectivity index (χ4v) is 3.97. The number of ether oxygens (including phenoxy) is 1. The molecular weight excluding hydrogens is 425 g/mol. The number of aromatic nitrogens is 4. The first-order valence-electron chi connectivity index (χ1n) is 10.5. The molecule has 3 N–H and O–H groups in total. The lowest BCUT2D eigenvalue weighted by Gasteiger charge is -2.22. The summed E-state index contributed by atoms with van der Waals surface area (Å²) >= 11 is 0. The van der Waals surface area contributed by atoms with Gasteiger partial charge in [-0.1, -0.05) is 30.3 Å². The number of nitrogens with zero attached hydrogens (tertiary/aromatic N) is 5. The minimum Gasteiger partial charge on any atom is -0.473 e. The van der Waals surface area contributed by atoms with Gasteiger partial charge in [-0.05, 0) is 18.6 Å². The third kappa shape index (κ3) is 3.69. The highest BCUT2D eigenvalue weighted by atomic mass is 19.1. The first-order valence-corrected chi connectivity index (χ1v) is 10.5. The van der Waals surface area contributed by atoms with Crippen LogP contribution in [0.3, 0.4) is 0 Å². The van der Waals surface area contributed by atoms with Gasteiger partial charge in [-0.2, -0.15) is 9.61 Å². The van der Waals surface area contributed by atoms with Crippen LogP contribution in [0, 0.1) is 5.82 Å². The Morgan fingerprint density at radius 3 is 2.82 bits per heavy atom. The topological polar surface area (TPSA) is 111 Å². The molecule has 4 heterocycles. The quantitative estimate of drug-likeness (QED) is 0.461. The minimum atomic E-state index is -0.479. The third-order valence-electron chi connectivity index (χ3n) is 5.50. The van der Waals surface area contributed by atoms with E-state index in [-0.39, 0.29) is 31.0 Å². The molecule has 1 aliphatic heterocycles. The summed E-state index contributed by atoms with van der Waals surface area (Å²) < 4.78 is 21.4. The summed E-state index contributed by atoms with van der Waals surface area (Å²) in [6.45, 7) is 2.29. The number of likely N-dealkylation sites (N-methyl/N-ethyl adjacent to an activating group) is 1. The van der Waals surface area contributed by atoms with E-state index in [4.69, 9.17) is 15.5 Å². The Hall–Kier alpha value is -4.21. The van der Waals surface area contributed by atoms with Gasteiger partial charge in [0.25, 0.3) is 5.91 Å². The van der Waals surface area contributed by atoms with Crippen LogP contribution < -0.4 is 15.8 Å². The summed E-state index contributed by atoms with van der Waals surface area (Å²) in [6, 6.07) is 10.9. The molecule has 9 nitrogen and oxygen atoms in total. The molecule has 0 radical (unpaired) electrons. The average molecular weight is 447 g/mol. The number of hydrogen-bond donors (Lipinski definition) is 2. The van der Waals surface area contributed by atoms with E-state index in [9.17, 15) is 9.18 Å². The number of hydrogen-bond acceptors (Lipinski definition) is 7. The number of halogens is 1. The van der Waals surface area contributed by atoms with E-state index in [1.54, 1.807) is 7.05 Å². The highest BCUT2D eigenvalue weighted by Crippen LogP contribution is 2.34. The van der Waals surface area contributed by atoms with Crippen molar-refractivity contribution in [3.05, 3.63) is 65.7 Å². The van der Waals surface area contributed by atoms with Crippen LogP contribution in [0.2, 0.25) is 0 Å². The van der Waals surface area contributed by atoms with Crippen LogP contribution >= 0.6 is 0 Å². The van der Waals surface area contributed by atoms with Gasteiger partial charge in [0, 0.05) is 19.2 Å². The predicted octanol–water partition coefficient (Wildman–Crippen LogP) is 2.98. The average Bonchev–Trinajstić information content (AvgIpc) is 3.23. The molecule has 1 atom stereocenters. The number of nitrogen functional groups attached to an aromatic ring is 1. The molecule has 4 aromatic rings. The molecule has 1 aromatic carbocycles. The second-order valence-corrected chi connectivity index (χ2v) is 7.97. The van der Waals surface area contributed by atoms with E-state index in [0.29, 0.717) is 34.0 Å². The maximum atomic E-state index is 14.0. The van der Waals surface area contributed by atoms with Gasteiger partial charge in [0.1, 0.15) is 29.1 Å². The van der Waals surface area contributed by atoms with Gasteiger partial charge in [0.15, 0.2) is 5.65 Å². The molecular formula is C23H22FN7O2. The Balaban J connectivity index is 1.73. The number of pyridine rings is 1. The van der Waals surface area contributed by atoms with Crippen molar-refractivity contribution in [1.29, 1.82) is 0 Å². The van der Waals surface area contributed by atoms with Crippen LogP contribution in [0.15, 0.2) is 48.8 Å². The molecule has 168 valence electrons. The maximum Gasteiger partial charge on any atom is 0.259 e. The van der Waals surface area contributed by atoms with E-state index in [1.807, 2.05) is 37.3 Å². The molecule has 0 aliphatic carbocycles. The van der Waals surface area contributed by atoms with Crippen LogP contribution in [-0.2, 0) is 6.54 Å². The van der Waals surface area contributed by atoms with E-state index in [2.05, 4.69) is 15.4 Å². The minimum absolute atomic E-state index is 0.183. The summed E-state index contributed by atoms with van der Waals surface area (Å²) in [6.07, 6.45) is 2.19. The molecule has 0 saturated carbocycles. The number of fused-ring (bicyclic) bond motifs is 2. The van der Waals surface area contributed by atoms with Gasteiger partial charge in [-0.15, -0.1) is 0 Å². The lowest BCUT2D eigenvalue weighted by Crippen LogP contribution is -2.35. The van der Waals surface area contributed by atoms with Gasteiger partial charge in [-0.3, -0.25) is 4.79 Å². The van der Waals surface area contributed by atoms with E-state index >= 15 is 0 Å². The molecule has 1 amide bonds. The zero-order valence-electron chi connectivity index (χ0n) is 18.1. The van der Waals surface area contributed by atoms with Crippen molar-refractivity contribution in [2.75, 3.05) is 24.6 Å². The maximum absolute atomic E-state index is 14.0. The Kier molecular flexibility index (Phi) is 5.04. The predicted molar refractivity (Wildman–Crippen MR) is 121 cm³/mol. The van der Waals surface area contributed by atoms with Crippen LogP contribution in [0.4, 0.5) is 16.0 Å². The van der Waals surface area contributed by atoms with Crippen LogP contribution in [0.5, 0.6) is 5.88 Å². The number of rotatable bonds is 1. The van der Waals surface area contributed by atoms with Crippen molar-refractivity contribution >= 4 is 23.2 Å². The lowest BCUT2D eigenvalue weighted by molar-refractivity contribution is 0.0724. The molecule has 0 saturated heterocycles. The number of benzene rings is 1. The number of carbonyl (C=O) groups excluding carboxylic acids is 1. The summed E-state index contributed by atoms with van der Waals surface area (Å²) in [5, 5.41) is 7.58. The number of amides is 1. The Labute approximate surface area is 189 Å². The third-order valence-corrected chi connectivity index (χ3v) is 5.50. The number of nitrogens with one attached hydrogen (secondary N) is 1. The SMILES string of the molecule is C[C@H]1CN(C)C(=O)c2cnn3c(N)c(-c4ccccc4)c(nc23)NCc2cc(F)cnc2O1. The number of nitrogens with two attached hydrogens (primary N) is 1. The normalized spacial score (nSPS) is 16.4. The summed E-state index contributed by atoms with van der Waals surface area (Å²) in [5.74, 6) is 0.304. The van der Waals surface area contributed by atoms with Crippen molar-refractivity contribution in [1.82, 2.24) is 24.5 Å². The summed E-state index contributed by atoms with van der Waals surface area (Å²) in [5.41, 5.74) is 9.13. The molecule has 10 heteroatoms. The fourth-order valence-electron chi connectivity index (χ4n) is 3.97. The van der Waals surface area contributed by atoms with Crippen molar-refractivity contribution < 1.29 is 13.9 Å². The zero-order valence-corrected chi connectivity index (χ0v) is 18.1. The Morgan fingerprint density at radius 2 is 2.03 bits per heavy atom. The second-order valence-electron chi connectivity index (χ2n) is 7.97. The summed E-state index contributed by atoms with van der Waals surface area (Å²) in [4.78, 5) is 23.5. The van der Waals surface area contributed by atoms with Gasteiger partial charge in [-0.25, -0.2) is 14.4 Å². The van der Waals surface area contributed by atoms with E-state index in [1.165, 1.54) is 21.7 Å². The Bertz CT molecular complexity index is 1360. The fraction of sp³-hybridized carbons (Fsp3) is 0.217. The highest BCUT2D eigenvalue weighted by Gasteiger charge is 2.25. The molecule has 0 unspecified atom stereocenters. The second kappa shape index (κ2) is 8.05. The van der Waals surface area contributed by atoms with Gasteiger partial charge < -0.3 is 20.7 Å². The molecule has 1 aliphatic rings. The highest BCUT2D eigenvalue weighted by molar-refractivity contribution is 6.01. The lowest BCUT2D eigenvalue weighted by atomic mass is 10.1. The monoisotopic (exact) mass is 447 g/mol. The van der Waals surface area contributed by atoms with Crippen LogP contribution in [0.1, 0.15) is 22.8 Å². The van der Waals surface area contributed by atoms with Crippen molar-refractivity contribution in [3.8, 4) is 17.0 Å². The van der Waals surface area contributed by atoms with Crippen LogP contribution in [0.25, 0.3) is 16.8 Å². The van der Waals surface area contributed by atoms with E-state index in [0.717, 1.165) is 11.8 Å². The molecule has 3 aromatic heterocycles. The molecule has 33 heavy (non-hydrogen) atoms. The van der Waals surface area contributed by atoms with E-state index < -0.39 is 5.82 Å². The van der Waals surface area contributed by atoms with Gasteiger partial charge in [0.2, 0.25) is 5.88 Å². The number of carbonyl (C=O) groups is 1.